The fourth-order valence-corrected chi connectivity index (χ4v) is 5.88. The molecular weight excluding hydrogens is 436 g/mol. The second kappa shape index (κ2) is 8.90. The molecule has 3 aromatic rings. The highest BCUT2D eigenvalue weighted by atomic mass is 16.6. The summed E-state index contributed by atoms with van der Waals surface area (Å²) >= 11 is 0. The van der Waals surface area contributed by atoms with Gasteiger partial charge in [0.1, 0.15) is 6.61 Å². The van der Waals surface area contributed by atoms with Crippen molar-refractivity contribution in [3.05, 3.63) is 95.6 Å². The fraction of sp³-hybridized carbons (Fsp3) is 0.300. The van der Waals surface area contributed by atoms with Crippen molar-refractivity contribution in [3.8, 4) is 11.1 Å². The summed E-state index contributed by atoms with van der Waals surface area (Å²) in [5.74, 6) is 0.0605. The number of carbonyl (C=O) groups is 1. The van der Waals surface area contributed by atoms with E-state index in [1.54, 1.807) is 0 Å². The molecule has 3 aromatic carbocycles. The molecule has 0 aromatic heterocycles. The summed E-state index contributed by atoms with van der Waals surface area (Å²) in [4.78, 5) is 17.5. The molecule has 6 rings (SSSR count). The van der Waals surface area contributed by atoms with Crippen molar-refractivity contribution in [2.24, 2.45) is 0 Å². The zero-order chi connectivity index (χ0) is 23.9. The molecule has 2 aliphatic heterocycles. The van der Waals surface area contributed by atoms with Gasteiger partial charge in [-0.05, 0) is 40.3 Å². The van der Waals surface area contributed by atoms with Gasteiger partial charge in [-0.2, -0.15) is 0 Å². The molecule has 35 heavy (non-hydrogen) atoms. The molecule has 178 valence electrons. The third-order valence-electron chi connectivity index (χ3n) is 7.48. The first kappa shape index (κ1) is 21.9. The third-order valence-corrected chi connectivity index (χ3v) is 7.48. The second-order valence-electron chi connectivity index (χ2n) is 9.78. The van der Waals surface area contributed by atoms with Crippen LogP contribution < -0.4 is 4.90 Å². The number of anilines is 1. The number of nitrogens with zero attached hydrogens (tertiary/aromatic N) is 2. The molecule has 2 atom stereocenters. The van der Waals surface area contributed by atoms with Gasteiger partial charge in [-0.25, -0.2) is 4.79 Å². The van der Waals surface area contributed by atoms with Gasteiger partial charge in [0.25, 0.3) is 0 Å². The lowest BCUT2D eigenvalue weighted by Crippen LogP contribution is -2.56. The molecule has 1 fully saturated rings. The molecule has 5 heteroatoms. The predicted octanol–water partition coefficient (Wildman–Crippen LogP) is 5.56. The van der Waals surface area contributed by atoms with Crippen molar-refractivity contribution in [2.45, 2.75) is 24.4 Å². The zero-order valence-electron chi connectivity index (χ0n) is 20.2. The Labute approximate surface area is 206 Å². The Balaban J connectivity index is 1.23. The minimum Gasteiger partial charge on any atom is -0.448 e. The lowest BCUT2D eigenvalue weighted by molar-refractivity contribution is -0.0331. The molecular formula is C30H30N2O3. The maximum Gasteiger partial charge on any atom is 0.410 e. The van der Waals surface area contributed by atoms with E-state index in [1.165, 1.54) is 39.1 Å². The van der Waals surface area contributed by atoms with Gasteiger partial charge in [-0.15, -0.1) is 0 Å². The van der Waals surface area contributed by atoms with Crippen molar-refractivity contribution in [1.29, 1.82) is 0 Å². The van der Waals surface area contributed by atoms with Crippen LogP contribution in [0.2, 0.25) is 0 Å². The average Bonchev–Trinajstić information content (AvgIpc) is 3.20. The summed E-state index contributed by atoms with van der Waals surface area (Å²) in [6.45, 7) is 1.36. The van der Waals surface area contributed by atoms with E-state index in [2.05, 4.69) is 97.9 Å². The highest BCUT2D eigenvalue weighted by Gasteiger charge is 2.40. The zero-order valence-corrected chi connectivity index (χ0v) is 20.2. The SMILES string of the molecule is CN(C)c1ccccc1C1=CC2COCC(C1)N2C(=O)OCC1c2ccccc2-c2ccccc21. The summed E-state index contributed by atoms with van der Waals surface area (Å²) in [6, 6.07) is 25.2. The number of amides is 1. The second-order valence-corrected chi connectivity index (χ2v) is 9.78. The number of carbonyl (C=O) groups excluding carboxylic acids is 1. The number of benzene rings is 3. The summed E-state index contributed by atoms with van der Waals surface area (Å²) in [6.07, 6.45) is 2.70. The van der Waals surface area contributed by atoms with E-state index >= 15 is 0 Å². The number of ether oxygens (including phenoxy) is 2. The quantitative estimate of drug-likeness (QED) is 0.505. The normalized spacial score (nSPS) is 20.6. The number of rotatable bonds is 4. The Kier molecular flexibility index (Phi) is 5.57. The molecule has 5 nitrogen and oxygen atoms in total. The van der Waals surface area contributed by atoms with Crippen LogP contribution in [0.1, 0.15) is 29.0 Å². The van der Waals surface area contributed by atoms with Crippen molar-refractivity contribution in [1.82, 2.24) is 4.90 Å². The van der Waals surface area contributed by atoms with Crippen molar-refractivity contribution in [2.75, 3.05) is 38.8 Å². The minimum absolute atomic E-state index is 0.0281. The molecule has 1 saturated heterocycles. The minimum atomic E-state index is -0.249. The van der Waals surface area contributed by atoms with Crippen molar-refractivity contribution >= 4 is 17.4 Å². The molecule has 0 N–H and O–H groups in total. The average molecular weight is 467 g/mol. The van der Waals surface area contributed by atoms with Gasteiger partial charge in [-0.3, -0.25) is 4.90 Å². The number of para-hydroxylation sites is 1. The lowest BCUT2D eigenvalue weighted by Gasteiger charge is -2.44. The first-order valence-corrected chi connectivity index (χ1v) is 12.3. The van der Waals surface area contributed by atoms with Gasteiger partial charge in [-0.1, -0.05) is 72.8 Å². The summed E-state index contributed by atoms with van der Waals surface area (Å²) in [7, 11) is 4.13. The summed E-state index contributed by atoms with van der Waals surface area (Å²) < 4.78 is 11.9. The smallest absolute Gasteiger partial charge is 0.410 e. The molecule has 3 aliphatic rings. The number of hydrogen-bond acceptors (Lipinski definition) is 4. The predicted molar refractivity (Wildman–Crippen MR) is 139 cm³/mol. The number of hydrogen-bond donors (Lipinski definition) is 0. The molecule has 1 amide bonds. The van der Waals surface area contributed by atoms with Crippen LogP contribution >= 0.6 is 0 Å². The highest BCUT2D eigenvalue weighted by Crippen LogP contribution is 2.45. The maximum atomic E-state index is 13.4. The Morgan fingerprint density at radius 3 is 2.20 bits per heavy atom. The standard InChI is InChI=1S/C30H30N2O3/c1-31(2)29-14-8-7-9-23(29)20-15-21-17-34-18-22(16-20)32(21)30(33)35-19-28-26-12-5-3-10-24(26)25-11-4-6-13-27(25)28/h3-15,21-22,28H,16-19H2,1-2H3. The molecule has 2 bridgehead atoms. The van der Waals surface area contributed by atoms with Crippen molar-refractivity contribution in [3.63, 3.8) is 0 Å². The van der Waals surface area contributed by atoms with Crippen LogP contribution in [0.5, 0.6) is 0 Å². The first-order chi connectivity index (χ1) is 17.1. The van der Waals surface area contributed by atoms with E-state index < -0.39 is 0 Å². The van der Waals surface area contributed by atoms with Gasteiger partial charge in [0.15, 0.2) is 0 Å². The van der Waals surface area contributed by atoms with Crippen LogP contribution in [0.4, 0.5) is 10.5 Å². The third kappa shape index (κ3) is 3.80. The van der Waals surface area contributed by atoms with Crippen LogP contribution in [0, 0.1) is 0 Å². The van der Waals surface area contributed by atoms with E-state index in [9.17, 15) is 4.79 Å². The Hall–Kier alpha value is -3.57. The molecule has 2 unspecified atom stereocenters. The van der Waals surface area contributed by atoms with E-state index in [0.717, 1.165) is 6.42 Å². The topological polar surface area (TPSA) is 42.0 Å². The van der Waals surface area contributed by atoms with Crippen LogP contribution in [0.15, 0.2) is 78.9 Å². The van der Waals surface area contributed by atoms with Crippen LogP contribution in [0.25, 0.3) is 16.7 Å². The van der Waals surface area contributed by atoms with Crippen LogP contribution in [-0.4, -0.2) is 57.0 Å². The largest absolute Gasteiger partial charge is 0.448 e. The Morgan fingerprint density at radius 2 is 1.54 bits per heavy atom. The van der Waals surface area contributed by atoms with Gasteiger partial charge in [0, 0.05) is 31.3 Å². The van der Waals surface area contributed by atoms with Gasteiger partial charge in [0.05, 0.1) is 25.3 Å². The maximum absolute atomic E-state index is 13.4. The molecule has 0 saturated carbocycles. The number of morpholine rings is 1. The number of fused-ring (bicyclic) bond motifs is 5. The molecule has 1 aliphatic carbocycles. The highest BCUT2D eigenvalue weighted by molar-refractivity contribution is 5.81. The summed E-state index contributed by atoms with van der Waals surface area (Å²) in [5, 5.41) is 0. The molecule has 0 radical (unpaired) electrons. The van der Waals surface area contributed by atoms with E-state index in [1.807, 2.05) is 4.90 Å². The first-order valence-electron chi connectivity index (χ1n) is 12.3. The fourth-order valence-electron chi connectivity index (χ4n) is 5.88. The Bertz CT molecular complexity index is 1250. The van der Waals surface area contributed by atoms with Gasteiger partial charge in [0.2, 0.25) is 0 Å². The Morgan fingerprint density at radius 1 is 0.914 bits per heavy atom. The van der Waals surface area contributed by atoms with Crippen molar-refractivity contribution < 1.29 is 14.3 Å². The monoisotopic (exact) mass is 466 g/mol. The molecule has 0 spiro atoms. The molecule has 2 heterocycles. The lowest BCUT2D eigenvalue weighted by atomic mass is 9.89. The van der Waals surface area contributed by atoms with E-state index in [0.29, 0.717) is 19.8 Å². The van der Waals surface area contributed by atoms with E-state index in [-0.39, 0.29) is 24.1 Å². The van der Waals surface area contributed by atoms with E-state index in [4.69, 9.17) is 9.47 Å². The van der Waals surface area contributed by atoms with Gasteiger partial charge < -0.3 is 14.4 Å². The van der Waals surface area contributed by atoms with Crippen LogP contribution in [0.3, 0.4) is 0 Å². The van der Waals surface area contributed by atoms with Gasteiger partial charge >= 0.3 is 6.09 Å². The summed E-state index contributed by atoms with van der Waals surface area (Å²) in [5.41, 5.74) is 8.61. The van der Waals surface area contributed by atoms with Crippen LogP contribution in [-0.2, 0) is 9.47 Å².